The highest BCUT2D eigenvalue weighted by molar-refractivity contribution is 5.76. The summed E-state index contributed by atoms with van der Waals surface area (Å²) in [4.78, 5) is 24.6. The van der Waals surface area contributed by atoms with Crippen LogP contribution in [0.2, 0.25) is 0 Å². The Morgan fingerprint density at radius 3 is 2.54 bits per heavy atom. The molecule has 0 heterocycles. The van der Waals surface area contributed by atoms with Gasteiger partial charge in [-0.25, -0.2) is 9.59 Å². The molecule has 74 valence electrons. The number of isocyanates is 1. The van der Waals surface area contributed by atoms with Crippen LogP contribution in [0.15, 0.2) is 4.99 Å². The number of hydrogen-bond acceptors (Lipinski definition) is 4. The van der Waals surface area contributed by atoms with Gasteiger partial charge in [0.2, 0.25) is 6.08 Å². The van der Waals surface area contributed by atoms with Gasteiger partial charge in [0.25, 0.3) is 0 Å². The molecule has 1 unspecified atom stereocenters. The van der Waals surface area contributed by atoms with Crippen LogP contribution in [-0.4, -0.2) is 24.7 Å². The van der Waals surface area contributed by atoms with E-state index in [1.807, 2.05) is 13.8 Å². The quantitative estimate of drug-likeness (QED) is 0.368. The zero-order chi connectivity index (χ0) is 10.3. The molecule has 0 aliphatic rings. The molecular weight excluding hydrogens is 170 g/mol. The first-order chi connectivity index (χ1) is 6.11. The summed E-state index contributed by atoms with van der Waals surface area (Å²) in [6, 6.07) is -0.683. The van der Waals surface area contributed by atoms with E-state index in [9.17, 15) is 9.59 Å². The zero-order valence-electron chi connectivity index (χ0n) is 8.24. The van der Waals surface area contributed by atoms with Crippen molar-refractivity contribution in [3.8, 4) is 0 Å². The molecule has 0 amide bonds. The molecule has 0 rings (SSSR count). The molecule has 0 fully saturated rings. The number of esters is 1. The van der Waals surface area contributed by atoms with Crippen molar-refractivity contribution in [2.45, 2.75) is 33.2 Å². The van der Waals surface area contributed by atoms with E-state index in [2.05, 4.69) is 4.99 Å². The standard InChI is InChI=1S/C9H15NO3/c1-4-13-9(12)8(10-6-11)5-7(2)3/h7-8H,4-5H2,1-3H3. The van der Waals surface area contributed by atoms with E-state index in [4.69, 9.17) is 4.74 Å². The average molecular weight is 185 g/mol. The fourth-order valence-corrected chi connectivity index (χ4v) is 0.950. The number of aliphatic imine (C=N–C) groups is 1. The van der Waals surface area contributed by atoms with Crippen LogP contribution in [0.5, 0.6) is 0 Å². The van der Waals surface area contributed by atoms with Crippen LogP contribution < -0.4 is 0 Å². The number of ether oxygens (including phenoxy) is 1. The summed E-state index contributed by atoms with van der Waals surface area (Å²) in [5.41, 5.74) is 0. The van der Waals surface area contributed by atoms with Crippen molar-refractivity contribution in [3.63, 3.8) is 0 Å². The maximum absolute atomic E-state index is 11.2. The van der Waals surface area contributed by atoms with Crippen molar-refractivity contribution in [2.75, 3.05) is 6.61 Å². The predicted molar refractivity (Wildman–Crippen MR) is 48.0 cm³/mol. The smallest absolute Gasteiger partial charge is 0.331 e. The highest BCUT2D eigenvalue weighted by Crippen LogP contribution is 2.09. The predicted octanol–water partition coefficient (Wildman–Crippen LogP) is 1.30. The van der Waals surface area contributed by atoms with Gasteiger partial charge in [0.05, 0.1) is 6.61 Å². The van der Waals surface area contributed by atoms with E-state index in [-0.39, 0.29) is 0 Å². The Bertz CT molecular complexity index is 207. The third-order valence-electron chi connectivity index (χ3n) is 1.46. The van der Waals surface area contributed by atoms with Crippen LogP contribution >= 0.6 is 0 Å². The van der Waals surface area contributed by atoms with Crippen LogP contribution in [0.4, 0.5) is 0 Å². The normalized spacial score (nSPS) is 12.0. The number of hydrogen-bond donors (Lipinski definition) is 0. The molecule has 4 nitrogen and oxygen atoms in total. The number of carbonyl (C=O) groups excluding carboxylic acids is 2. The molecule has 0 aromatic rings. The Kier molecular flexibility index (Phi) is 5.81. The second-order valence-corrected chi connectivity index (χ2v) is 3.12. The first-order valence-electron chi connectivity index (χ1n) is 4.35. The van der Waals surface area contributed by atoms with E-state index in [1.165, 1.54) is 6.08 Å². The van der Waals surface area contributed by atoms with Crippen molar-refractivity contribution in [1.29, 1.82) is 0 Å². The largest absolute Gasteiger partial charge is 0.464 e. The highest BCUT2D eigenvalue weighted by Gasteiger charge is 2.19. The van der Waals surface area contributed by atoms with Gasteiger partial charge in [0, 0.05) is 0 Å². The van der Waals surface area contributed by atoms with Gasteiger partial charge in [-0.15, -0.1) is 0 Å². The van der Waals surface area contributed by atoms with Gasteiger partial charge in [-0.1, -0.05) is 13.8 Å². The van der Waals surface area contributed by atoms with Crippen LogP contribution in [0.25, 0.3) is 0 Å². The van der Waals surface area contributed by atoms with E-state index >= 15 is 0 Å². The first-order valence-corrected chi connectivity index (χ1v) is 4.35. The van der Waals surface area contributed by atoms with Crippen LogP contribution in [0, 0.1) is 5.92 Å². The lowest BCUT2D eigenvalue weighted by Crippen LogP contribution is -2.23. The second kappa shape index (κ2) is 6.38. The summed E-state index contributed by atoms with van der Waals surface area (Å²) in [5, 5.41) is 0. The SMILES string of the molecule is CCOC(=O)C(CC(C)C)N=C=O. The van der Waals surface area contributed by atoms with Crippen LogP contribution in [-0.2, 0) is 14.3 Å². The third-order valence-corrected chi connectivity index (χ3v) is 1.46. The van der Waals surface area contributed by atoms with E-state index in [0.29, 0.717) is 18.9 Å². The monoisotopic (exact) mass is 185 g/mol. The summed E-state index contributed by atoms with van der Waals surface area (Å²) in [6.45, 7) is 5.93. The first kappa shape index (κ1) is 11.8. The molecule has 0 saturated heterocycles. The molecule has 0 aromatic carbocycles. The Hall–Kier alpha value is -1.15. The molecule has 0 saturated carbocycles. The fourth-order valence-electron chi connectivity index (χ4n) is 0.950. The number of rotatable bonds is 5. The topological polar surface area (TPSA) is 55.7 Å². The minimum atomic E-state index is -0.683. The molecule has 1 atom stereocenters. The molecule has 4 heteroatoms. The lowest BCUT2D eigenvalue weighted by Gasteiger charge is -2.11. The minimum Gasteiger partial charge on any atom is -0.464 e. The molecule has 0 spiro atoms. The van der Waals surface area contributed by atoms with Crippen molar-refractivity contribution >= 4 is 12.0 Å². The number of carbonyl (C=O) groups is 1. The molecular formula is C9H15NO3. The minimum absolute atomic E-state index is 0.298. The van der Waals surface area contributed by atoms with Crippen molar-refractivity contribution in [3.05, 3.63) is 0 Å². The van der Waals surface area contributed by atoms with E-state index in [1.54, 1.807) is 6.92 Å². The summed E-state index contributed by atoms with van der Waals surface area (Å²) >= 11 is 0. The summed E-state index contributed by atoms with van der Waals surface area (Å²) < 4.78 is 4.75. The maximum Gasteiger partial charge on any atom is 0.331 e. The highest BCUT2D eigenvalue weighted by atomic mass is 16.5. The summed E-state index contributed by atoms with van der Waals surface area (Å²) in [6.07, 6.45) is 1.91. The van der Waals surface area contributed by atoms with Gasteiger partial charge in [-0.3, -0.25) is 0 Å². The Morgan fingerprint density at radius 2 is 2.15 bits per heavy atom. The Balaban J connectivity index is 4.23. The maximum atomic E-state index is 11.2. The van der Waals surface area contributed by atoms with Gasteiger partial charge in [0.15, 0.2) is 6.04 Å². The molecule has 0 aliphatic carbocycles. The van der Waals surface area contributed by atoms with Gasteiger partial charge >= 0.3 is 5.97 Å². The zero-order valence-corrected chi connectivity index (χ0v) is 8.24. The summed E-state index contributed by atoms with van der Waals surface area (Å²) in [7, 11) is 0. The van der Waals surface area contributed by atoms with Gasteiger partial charge in [0.1, 0.15) is 0 Å². The van der Waals surface area contributed by atoms with Crippen molar-refractivity contribution < 1.29 is 14.3 Å². The summed E-state index contributed by atoms with van der Waals surface area (Å²) in [5.74, 6) is -0.147. The van der Waals surface area contributed by atoms with Crippen molar-refractivity contribution in [2.24, 2.45) is 10.9 Å². The fraction of sp³-hybridized carbons (Fsp3) is 0.778. The third kappa shape index (κ3) is 5.15. The Labute approximate surface area is 78.0 Å². The van der Waals surface area contributed by atoms with Gasteiger partial charge in [-0.2, -0.15) is 4.99 Å². The molecule has 0 radical (unpaired) electrons. The molecule has 0 aliphatic heterocycles. The average Bonchev–Trinajstić information content (AvgIpc) is 2.03. The second-order valence-electron chi connectivity index (χ2n) is 3.12. The van der Waals surface area contributed by atoms with E-state index < -0.39 is 12.0 Å². The molecule has 0 N–H and O–H groups in total. The lowest BCUT2D eigenvalue weighted by molar-refractivity contribution is -0.144. The molecule has 0 bridgehead atoms. The molecule has 0 aromatic heterocycles. The van der Waals surface area contributed by atoms with Crippen LogP contribution in [0.3, 0.4) is 0 Å². The van der Waals surface area contributed by atoms with Crippen molar-refractivity contribution in [1.82, 2.24) is 0 Å². The van der Waals surface area contributed by atoms with E-state index in [0.717, 1.165) is 0 Å². The van der Waals surface area contributed by atoms with Gasteiger partial charge in [-0.05, 0) is 19.3 Å². The van der Waals surface area contributed by atoms with Crippen LogP contribution in [0.1, 0.15) is 27.2 Å². The Morgan fingerprint density at radius 1 is 1.54 bits per heavy atom. The lowest BCUT2D eigenvalue weighted by atomic mass is 10.0. The van der Waals surface area contributed by atoms with Gasteiger partial charge < -0.3 is 4.74 Å². The number of nitrogens with zero attached hydrogens (tertiary/aromatic N) is 1. The molecule has 13 heavy (non-hydrogen) atoms.